The van der Waals surface area contributed by atoms with Crippen LogP contribution in [0.15, 0.2) is 12.1 Å². The monoisotopic (exact) mass is 299 g/mol. The van der Waals surface area contributed by atoms with Crippen LogP contribution in [0.3, 0.4) is 0 Å². The van der Waals surface area contributed by atoms with Gasteiger partial charge in [-0.3, -0.25) is 4.68 Å². The molecule has 1 aromatic heterocycles. The van der Waals surface area contributed by atoms with Gasteiger partial charge in [0.05, 0.1) is 29.9 Å². The van der Waals surface area contributed by atoms with Gasteiger partial charge in [0.25, 0.3) is 0 Å². The Kier molecular flexibility index (Phi) is 3.96. The minimum absolute atomic E-state index is 0. The minimum atomic E-state index is -0.670. The standard InChI is InChI=1S/C13H14FN3O2.ClH/c1-7-9-3-10(13(18)19-2)11(14)4-12(9)17(16-7)8-5-15-6-8;/h3-4,8,15H,5-6H2,1-2H3;1H. The first-order valence-corrected chi connectivity index (χ1v) is 6.09. The van der Waals surface area contributed by atoms with Gasteiger partial charge in [-0.25, -0.2) is 9.18 Å². The average molecular weight is 300 g/mol. The van der Waals surface area contributed by atoms with Crippen LogP contribution in [0.5, 0.6) is 0 Å². The number of benzene rings is 1. The molecule has 0 aliphatic carbocycles. The van der Waals surface area contributed by atoms with E-state index in [1.165, 1.54) is 19.2 Å². The number of methoxy groups -OCH3 is 1. The van der Waals surface area contributed by atoms with Crippen molar-refractivity contribution in [2.24, 2.45) is 0 Å². The van der Waals surface area contributed by atoms with Crippen LogP contribution >= 0.6 is 12.4 Å². The predicted molar refractivity (Wildman–Crippen MR) is 74.9 cm³/mol. The van der Waals surface area contributed by atoms with Gasteiger partial charge in [-0.1, -0.05) is 0 Å². The summed E-state index contributed by atoms with van der Waals surface area (Å²) in [6.45, 7) is 3.51. The van der Waals surface area contributed by atoms with Crippen LogP contribution in [0.25, 0.3) is 10.9 Å². The molecule has 108 valence electrons. The predicted octanol–water partition coefficient (Wildman–Crippen LogP) is 1.84. The lowest BCUT2D eigenvalue weighted by Crippen LogP contribution is -2.43. The summed E-state index contributed by atoms with van der Waals surface area (Å²) in [5.41, 5.74) is 1.45. The van der Waals surface area contributed by atoms with E-state index in [0.717, 1.165) is 24.2 Å². The number of nitrogens with zero attached hydrogens (tertiary/aromatic N) is 2. The molecule has 1 aliphatic heterocycles. The Morgan fingerprint density at radius 2 is 2.20 bits per heavy atom. The minimum Gasteiger partial charge on any atom is -0.465 e. The van der Waals surface area contributed by atoms with E-state index in [0.29, 0.717) is 5.52 Å². The highest BCUT2D eigenvalue weighted by Gasteiger charge is 2.24. The highest BCUT2D eigenvalue weighted by molar-refractivity contribution is 5.95. The maximum atomic E-state index is 14.0. The summed E-state index contributed by atoms with van der Waals surface area (Å²) in [6.07, 6.45) is 0. The third-order valence-electron chi connectivity index (χ3n) is 3.49. The summed E-state index contributed by atoms with van der Waals surface area (Å²) in [5.74, 6) is -1.25. The Morgan fingerprint density at radius 3 is 2.75 bits per heavy atom. The van der Waals surface area contributed by atoms with Gasteiger partial charge in [0.1, 0.15) is 5.82 Å². The van der Waals surface area contributed by atoms with E-state index in [4.69, 9.17) is 0 Å². The molecule has 1 saturated heterocycles. The van der Waals surface area contributed by atoms with E-state index in [1.54, 1.807) is 0 Å². The Morgan fingerprint density at radius 1 is 1.50 bits per heavy atom. The molecule has 0 bridgehead atoms. The number of aryl methyl sites for hydroxylation is 1. The Bertz CT molecular complexity index is 667. The third kappa shape index (κ3) is 2.14. The second-order valence-corrected chi connectivity index (χ2v) is 4.68. The van der Waals surface area contributed by atoms with Crippen molar-refractivity contribution in [3.05, 3.63) is 29.2 Å². The SMILES string of the molecule is COC(=O)c1cc2c(C)nn(C3CNC3)c2cc1F.Cl. The molecule has 0 unspecified atom stereocenters. The number of halogens is 2. The molecule has 5 nitrogen and oxygen atoms in total. The zero-order chi connectivity index (χ0) is 13.6. The van der Waals surface area contributed by atoms with Crippen molar-refractivity contribution in [2.75, 3.05) is 20.2 Å². The van der Waals surface area contributed by atoms with Gasteiger partial charge in [-0.05, 0) is 13.0 Å². The van der Waals surface area contributed by atoms with Crippen molar-refractivity contribution in [1.29, 1.82) is 0 Å². The lowest BCUT2D eigenvalue weighted by atomic mass is 10.1. The fourth-order valence-electron chi connectivity index (χ4n) is 2.30. The van der Waals surface area contributed by atoms with Gasteiger partial charge in [0.15, 0.2) is 0 Å². The molecule has 7 heteroatoms. The van der Waals surface area contributed by atoms with Gasteiger partial charge in [-0.2, -0.15) is 5.10 Å². The van der Waals surface area contributed by atoms with Gasteiger partial charge in [0, 0.05) is 24.5 Å². The normalized spacial score (nSPS) is 14.8. The van der Waals surface area contributed by atoms with Crippen LogP contribution in [0.4, 0.5) is 4.39 Å². The zero-order valence-corrected chi connectivity index (χ0v) is 12.0. The topological polar surface area (TPSA) is 56.1 Å². The fraction of sp³-hybridized carbons (Fsp3) is 0.385. The summed E-state index contributed by atoms with van der Waals surface area (Å²) in [5, 5.41) is 8.38. The van der Waals surface area contributed by atoms with Crippen LogP contribution in [-0.2, 0) is 4.74 Å². The van der Waals surface area contributed by atoms with E-state index < -0.39 is 11.8 Å². The van der Waals surface area contributed by atoms with Crippen molar-refractivity contribution in [3.8, 4) is 0 Å². The quantitative estimate of drug-likeness (QED) is 0.860. The molecular weight excluding hydrogens is 285 g/mol. The van der Waals surface area contributed by atoms with Crippen molar-refractivity contribution in [3.63, 3.8) is 0 Å². The molecular formula is C13H15ClFN3O2. The number of nitrogens with one attached hydrogen (secondary N) is 1. The number of ether oxygens (including phenoxy) is 1. The molecule has 0 saturated carbocycles. The summed E-state index contributed by atoms with van der Waals surface area (Å²) in [7, 11) is 1.24. The van der Waals surface area contributed by atoms with E-state index in [1.807, 2.05) is 11.6 Å². The van der Waals surface area contributed by atoms with E-state index >= 15 is 0 Å². The Hall–Kier alpha value is -1.66. The molecule has 1 fully saturated rings. The second-order valence-electron chi connectivity index (χ2n) is 4.68. The largest absolute Gasteiger partial charge is 0.465 e. The number of carbonyl (C=O) groups excluding carboxylic acids is 1. The molecule has 2 heterocycles. The first-order chi connectivity index (χ1) is 9.11. The molecule has 3 rings (SSSR count). The molecule has 0 radical (unpaired) electrons. The smallest absolute Gasteiger partial charge is 0.340 e. The summed E-state index contributed by atoms with van der Waals surface area (Å²) < 4.78 is 20.4. The maximum absolute atomic E-state index is 14.0. The second kappa shape index (κ2) is 5.38. The third-order valence-corrected chi connectivity index (χ3v) is 3.49. The van der Waals surface area contributed by atoms with Crippen molar-refractivity contribution in [2.45, 2.75) is 13.0 Å². The highest BCUT2D eigenvalue weighted by Crippen LogP contribution is 2.26. The van der Waals surface area contributed by atoms with Crippen molar-refractivity contribution < 1.29 is 13.9 Å². The average Bonchev–Trinajstić information content (AvgIpc) is 2.62. The molecule has 1 aliphatic rings. The van der Waals surface area contributed by atoms with Crippen LogP contribution in [0.2, 0.25) is 0 Å². The first kappa shape index (κ1) is 14.7. The van der Waals surface area contributed by atoms with Crippen molar-refractivity contribution in [1.82, 2.24) is 15.1 Å². The molecule has 0 amide bonds. The molecule has 0 spiro atoms. The number of hydrogen-bond donors (Lipinski definition) is 1. The van der Waals surface area contributed by atoms with Crippen LogP contribution in [0, 0.1) is 12.7 Å². The van der Waals surface area contributed by atoms with Crippen LogP contribution < -0.4 is 5.32 Å². The summed E-state index contributed by atoms with van der Waals surface area (Å²) in [4.78, 5) is 11.5. The van der Waals surface area contributed by atoms with E-state index in [-0.39, 0.29) is 24.0 Å². The fourth-order valence-corrected chi connectivity index (χ4v) is 2.30. The van der Waals surface area contributed by atoms with Gasteiger partial charge < -0.3 is 10.1 Å². The molecule has 20 heavy (non-hydrogen) atoms. The number of rotatable bonds is 2. The number of esters is 1. The maximum Gasteiger partial charge on any atom is 0.340 e. The summed E-state index contributed by atoms with van der Waals surface area (Å²) in [6, 6.07) is 3.13. The molecule has 0 atom stereocenters. The Labute approximate surface area is 121 Å². The highest BCUT2D eigenvalue weighted by atomic mass is 35.5. The van der Waals surface area contributed by atoms with Gasteiger partial charge in [-0.15, -0.1) is 12.4 Å². The molecule has 1 aromatic carbocycles. The van der Waals surface area contributed by atoms with E-state index in [9.17, 15) is 9.18 Å². The lowest BCUT2D eigenvalue weighted by molar-refractivity contribution is 0.0595. The number of aromatic nitrogens is 2. The number of carbonyl (C=O) groups is 1. The number of hydrogen-bond acceptors (Lipinski definition) is 4. The zero-order valence-electron chi connectivity index (χ0n) is 11.1. The van der Waals surface area contributed by atoms with Gasteiger partial charge in [0.2, 0.25) is 0 Å². The summed E-state index contributed by atoms with van der Waals surface area (Å²) >= 11 is 0. The van der Waals surface area contributed by atoms with Gasteiger partial charge >= 0.3 is 5.97 Å². The Balaban J connectivity index is 0.00000147. The lowest BCUT2D eigenvalue weighted by Gasteiger charge is -2.28. The van der Waals surface area contributed by atoms with Crippen LogP contribution in [0.1, 0.15) is 22.1 Å². The van der Waals surface area contributed by atoms with E-state index in [2.05, 4.69) is 15.2 Å². The molecule has 2 aromatic rings. The number of fused-ring (bicyclic) bond motifs is 1. The van der Waals surface area contributed by atoms with Crippen LogP contribution in [-0.4, -0.2) is 35.9 Å². The van der Waals surface area contributed by atoms with Crippen molar-refractivity contribution >= 4 is 29.3 Å². The first-order valence-electron chi connectivity index (χ1n) is 6.09. The molecule has 1 N–H and O–H groups in total.